The van der Waals surface area contributed by atoms with Crippen molar-refractivity contribution in [2.45, 2.75) is 75.8 Å². The molecule has 0 bridgehead atoms. The summed E-state index contributed by atoms with van der Waals surface area (Å²) in [6.07, 6.45) is 1.10. The fourth-order valence-electron chi connectivity index (χ4n) is 4.29. The first-order valence-electron chi connectivity index (χ1n) is 10.8. The second-order valence-corrected chi connectivity index (χ2v) is 13.0. The van der Waals surface area contributed by atoms with E-state index >= 15 is 0 Å². The average molecular weight is 452 g/mol. The van der Waals surface area contributed by atoms with Crippen LogP contribution in [-0.4, -0.2) is 56.6 Å². The van der Waals surface area contributed by atoms with Crippen molar-refractivity contribution in [3.8, 4) is 0 Å². The van der Waals surface area contributed by atoms with Crippen molar-refractivity contribution < 1.29 is 8.95 Å². The molecule has 1 fully saturated rings. The molecule has 1 aliphatic carbocycles. The Bertz CT molecular complexity index is 763. The van der Waals surface area contributed by atoms with Crippen molar-refractivity contribution in [2.24, 2.45) is 16.8 Å². The van der Waals surface area contributed by atoms with E-state index in [9.17, 15) is 4.21 Å². The number of benzene rings is 1. The van der Waals surface area contributed by atoms with Crippen LogP contribution >= 0.6 is 11.8 Å². The molecule has 2 unspecified atom stereocenters. The topological polar surface area (TPSA) is 53.9 Å². The zero-order valence-electron chi connectivity index (χ0n) is 19.3. The molecule has 0 radical (unpaired) electrons. The summed E-state index contributed by atoms with van der Waals surface area (Å²) in [6.45, 7) is 11.1. The first-order chi connectivity index (χ1) is 14.1. The smallest absolute Gasteiger partial charge is 0.159 e. The van der Waals surface area contributed by atoms with Crippen LogP contribution in [0.2, 0.25) is 0 Å². The largest absolute Gasteiger partial charge is 0.371 e. The number of aliphatic imine (C=N–C) groups is 1. The maximum atomic E-state index is 12.7. The molecule has 0 spiro atoms. The van der Waals surface area contributed by atoms with Crippen LogP contribution in [0.4, 0.5) is 0 Å². The number of thioether (sulfide) groups is 1. The van der Waals surface area contributed by atoms with Gasteiger partial charge >= 0.3 is 0 Å². The summed E-state index contributed by atoms with van der Waals surface area (Å²) < 4.78 is 22.4. The molecule has 1 aliphatic heterocycles. The van der Waals surface area contributed by atoms with Crippen molar-refractivity contribution in [3.63, 3.8) is 0 Å². The fraction of sp³-hybridized carbons (Fsp3) is 0.696. The number of amidine groups is 1. The van der Waals surface area contributed by atoms with Gasteiger partial charge in [-0.1, -0.05) is 49.0 Å². The Morgan fingerprint density at radius 3 is 2.57 bits per heavy atom. The van der Waals surface area contributed by atoms with Gasteiger partial charge in [-0.05, 0) is 51.5 Å². The molecule has 7 atom stereocenters. The van der Waals surface area contributed by atoms with Crippen molar-refractivity contribution in [1.82, 2.24) is 9.62 Å². The zero-order chi connectivity index (χ0) is 22.1. The molecule has 0 saturated heterocycles. The first-order valence-corrected chi connectivity index (χ1v) is 12.9. The van der Waals surface area contributed by atoms with E-state index in [0.29, 0.717) is 23.7 Å². The standard InChI is InChI=1S/C23H37N3O2S2/c1-15-18(16(2)25-30(27)23(3,4)5)13-19-20(24-22(29-19)26(6)7)21(15)28-14-17-11-9-8-10-12-17/h8-12,15-16,18-21,25H,13-14H2,1-7H3/t15-,16?,18+,19+,20+,21+,30?/m1/s1. The number of rotatable bonds is 6. The molecule has 0 amide bonds. The van der Waals surface area contributed by atoms with Crippen LogP contribution in [0.1, 0.15) is 46.6 Å². The molecule has 7 heteroatoms. The lowest BCUT2D eigenvalue weighted by atomic mass is 9.72. The third-order valence-electron chi connectivity index (χ3n) is 6.09. The van der Waals surface area contributed by atoms with Crippen LogP contribution in [0.25, 0.3) is 0 Å². The number of ether oxygens (including phenoxy) is 1. The summed E-state index contributed by atoms with van der Waals surface area (Å²) in [7, 11) is 3.03. The van der Waals surface area contributed by atoms with Crippen molar-refractivity contribution in [3.05, 3.63) is 35.9 Å². The van der Waals surface area contributed by atoms with Gasteiger partial charge in [-0.25, -0.2) is 8.93 Å². The monoisotopic (exact) mass is 451 g/mol. The third-order valence-corrected chi connectivity index (χ3v) is 9.24. The SMILES string of the molecule is CC(NS(=O)C(C)(C)C)[C@H]1C[C@@H]2SC(N(C)C)=N[C@@H]2[C@@H](OCc2ccccc2)[C@@H]1C. The summed E-state index contributed by atoms with van der Waals surface area (Å²) in [4.78, 5) is 7.15. The summed E-state index contributed by atoms with van der Waals surface area (Å²) in [6, 6.07) is 10.7. The second-order valence-electron chi connectivity index (χ2n) is 9.76. The summed E-state index contributed by atoms with van der Waals surface area (Å²) in [5, 5.41) is 1.49. The molecule has 168 valence electrons. The first kappa shape index (κ1) is 23.8. The molecule has 1 aromatic carbocycles. The Morgan fingerprint density at radius 2 is 1.97 bits per heavy atom. The number of nitrogens with one attached hydrogen (secondary N) is 1. The molecule has 1 heterocycles. The van der Waals surface area contributed by atoms with Gasteiger partial charge in [-0.3, -0.25) is 4.99 Å². The van der Waals surface area contributed by atoms with Gasteiger partial charge in [-0.2, -0.15) is 0 Å². The quantitative estimate of drug-likeness (QED) is 0.708. The summed E-state index contributed by atoms with van der Waals surface area (Å²) >= 11 is 1.87. The molecular weight excluding hydrogens is 414 g/mol. The molecule has 1 aromatic rings. The number of hydrogen-bond acceptors (Lipinski definition) is 5. The van der Waals surface area contributed by atoms with E-state index < -0.39 is 11.0 Å². The van der Waals surface area contributed by atoms with E-state index in [1.165, 1.54) is 5.56 Å². The van der Waals surface area contributed by atoms with Crippen LogP contribution in [-0.2, 0) is 22.3 Å². The van der Waals surface area contributed by atoms with Gasteiger partial charge in [0.1, 0.15) is 0 Å². The Labute approximate surface area is 189 Å². The Morgan fingerprint density at radius 1 is 1.30 bits per heavy atom. The number of nitrogens with zero attached hydrogens (tertiary/aromatic N) is 2. The Hall–Kier alpha value is -0.890. The van der Waals surface area contributed by atoms with Gasteiger partial charge in [0.25, 0.3) is 0 Å². The minimum Gasteiger partial charge on any atom is -0.371 e. The summed E-state index contributed by atoms with van der Waals surface area (Å²) in [5.74, 6) is 0.697. The normalized spacial score (nSPS) is 31.0. The van der Waals surface area contributed by atoms with Gasteiger partial charge in [0.05, 0.1) is 34.5 Å². The molecule has 0 aromatic heterocycles. The lowest BCUT2D eigenvalue weighted by molar-refractivity contribution is -0.0489. The lowest BCUT2D eigenvalue weighted by Gasteiger charge is -2.44. The molecule has 5 nitrogen and oxygen atoms in total. The highest BCUT2D eigenvalue weighted by Crippen LogP contribution is 2.45. The summed E-state index contributed by atoms with van der Waals surface area (Å²) in [5.41, 5.74) is 1.19. The highest BCUT2D eigenvalue weighted by Gasteiger charge is 2.49. The van der Waals surface area contributed by atoms with E-state index in [0.717, 1.165) is 11.6 Å². The third kappa shape index (κ3) is 5.47. The van der Waals surface area contributed by atoms with Crippen molar-refractivity contribution in [1.29, 1.82) is 0 Å². The van der Waals surface area contributed by atoms with E-state index in [2.05, 4.69) is 61.8 Å². The van der Waals surface area contributed by atoms with Crippen LogP contribution in [0.15, 0.2) is 35.3 Å². The van der Waals surface area contributed by atoms with Crippen molar-refractivity contribution in [2.75, 3.05) is 14.1 Å². The van der Waals surface area contributed by atoms with Gasteiger partial charge in [0, 0.05) is 25.4 Å². The zero-order valence-corrected chi connectivity index (χ0v) is 20.9. The second kappa shape index (κ2) is 9.72. The van der Waals surface area contributed by atoms with Crippen LogP contribution in [0.3, 0.4) is 0 Å². The van der Waals surface area contributed by atoms with Crippen molar-refractivity contribution >= 4 is 27.9 Å². The van der Waals surface area contributed by atoms with E-state index in [-0.39, 0.29) is 22.9 Å². The highest BCUT2D eigenvalue weighted by atomic mass is 32.2. The fourth-order valence-corrected chi connectivity index (χ4v) is 6.49. The highest BCUT2D eigenvalue weighted by molar-refractivity contribution is 8.14. The lowest BCUT2D eigenvalue weighted by Crippen LogP contribution is -2.53. The van der Waals surface area contributed by atoms with Gasteiger partial charge in [0.2, 0.25) is 0 Å². The predicted molar refractivity (Wildman–Crippen MR) is 129 cm³/mol. The minimum absolute atomic E-state index is 0.0474. The van der Waals surface area contributed by atoms with Gasteiger partial charge < -0.3 is 9.64 Å². The molecule has 3 rings (SSSR count). The maximum absolute atomic E-state index is 12.7. The van der Waals surface area contributed by atoms with Crippen LogP contribution in [0, 0.1) is 11.8 Å². The molecule has 30 heavy (non-hydrogen) atoms. The average Bonchev–Trinajstić information content (AvgIpc) is 3.11. The molecule has 1 N–H and O–H groups in total. The van der Waals surface area contributed by atoms with E-state index in [4.69, 9.17) is 9.73 Å². The molecule has 1 saturated carbocycles. The van der Waals surface area contributed by atoms with E-state index in [1.54, 1.807) is 0 Å². The Kier molecular flexibility index (Phi) is 7.70. The molecular formula is C23H37N3O2S2. The number of hydrogen-bond donors (Lipinski definition) is 1. The molecule has 2 aliphatic rings. The minimum atomic E-state index is -1.08. The maximum Gasteiger partial charge on any atom is 0.159 e. The van der Waals surface area contributed by atoms with Crippen LogP contribution in [0.5, 0.6) is 0 Å². The Balaban J connectivity index is 1.78. The van der Waals surface area contributed by atoms with Gasteiger partial charge in [0.15, 0.2) is 5.17 Å². The predicted octanol–water partition coefficient (Wildman–Crippen LogP) is 4.07. The van der Waals surface area contributed by atoms with Gasteiger partial charge in [-0.15, -0.1) is 0 Å². The van der Waals surface area contributed by atoms with E-state index in [1.807, 2.05) is 38.6 Å². The van der Waals surface area contributed by atoms with Crippen LogP contribution < -0.4 is 4.72 Å². The number of fused-ring (bicyclic) bond motifs is 1.